The molecular weight excluding hydrogens is 336 g/mol. The molecule has 0 aliphatic heterocycles. The van der Waals surface area contributed by atoms with E-state index in [0.717, 1.165) is 17.0 Å². The van der Waals surface area contributed by atoms with Gasteiger partial charge in [0.15, 0.2) is 0 Å². The van der Waals surface area contributed by atoms with Crippen molar-refractivity contribution < 1.29 is 19.1 Å². The van der Waals surface area contributed by atoms with Crippen molar-refractivity contribution >= 4 is 11.8 Å². The van der Waals surface area contributed by atoms with Gasteiger partial charge in [-0.2, -0.15) is 5.10 Å². The molecule has 2 N–H and O–H groups in total. The van der Waals surface area contributed by atoms with E-state index in [1.54, 1.807) is 30.0 Å². The molecule has 140 valence electrons. The molecule has 0 aliphatic carbocycles. The summed E-state index contributed by atoms with van der Waals surface area (Å²) in [7, 11) is 1.56. The average molecular weight is 360 g/mol. The highest BCUT2D eigenvalue weighted by Crippen LogP contribution is 2.20. The second kappa shape index (κ2) is 9.00. The van der Waals surface area contributed by atoms with E-state index in [1.165, 1.54) is 0 Å². The Morgan fingerprint density at radius 2 is 1.96 bits per heavy atom. The molecule has 0 fully saturated rings. The van der Waals surface area contributed by atoms with Gasteiger partial charge in [-0.3, -0.25) is 25.1 Å². The summed E-state index contributed by atoms with van der Waals surface area (Å²) in [5, 5.41) is 4.21. The van der Waals surface area contributed by atoms with E-state index in [1.807, 2.05) is 26.8 Å². The van der Waals surface area contributed by atoms with E-state index >= 15 is 0 Å². The Bertz CT molecular complexity index is 785. The van der Waals surface area contributed by atoms with Crippen LogP contribution < -0.4 is 15.6 Å². The Kier molecular flexibility index (Phi) is 6.74. The van der Waals surface area contributed by atoms with Gasteiger partial charge in [0.05, 0.1) is 19.4 Å². The smallest absolute Gasteiger partial charge is 0.269 e. The van der Waals surface area contributed by atoms with Crippen LogP contribution in [0.1, 0.15) is 34.2 Å². The zero-order valence-corrected chi connectivity index (χ0v) is 15.5. The predicted molar refractivity (Wildman–Crippen MR) is 95.6 cm³/mol. The zero-order chi connectivity index (χ0) is 19.1. The number of rotatable bonds is 7. The van der Waals surface area contributed by atoms with Gasteiger partial charge in [0.1, 0.15) is 12.3 Å². The number of hydrogen-bond donors (Lipinski definition) is 2. The molecule has 2 aromatic rings. The number of ether oxygens (including phenoxy) is 2. The van der Waals surface area contributed by atoms with Crippen LogP contribution in [0.5, 0.6) is 5.75 Å². The first-order chi connectivity index (χ1) is 12.4. The monoisotopic (exact) mass is 360 g/mol. The summed E-state index contributed by atoms with van der Waals surface area (Å²) in [5.74, 6) is -0.150. The highest BCUT2D eigenvalue weighted by atomic mass is 16.5. The van der Waals surface area contributed by atoms with Gasteiger partial charge < -0.3 is 9.47 Å². The first kappa shape index (κ1) is 19.5. The third kappa shape index (κ3) is 5.06. The summed E-state index contributed by atoms with van der Waals surface area (Å²) in [4.78, 5) is 24.3. The highest BCUT2D eigenvalue weighted by Gasteiger charge is 2.12. The minimum atomic E-state index is -0.424. The van der Waals surface area contributed by atoms with Gasteiger partial charge in [-0.15, -0.1) is 0 Å². The Balaban J connectivity index is 1.96. The molecule has 0 atom stereocenters. The van der Waals surface area contributed by atoms with Crippen LogP contribution in [-0.4, -0.2) is 35.3 Å². The molecule has 0 saturated carbocycles. The second-order valence-electron chi connectivity index (χ2n) is 5.75. The van der Waals surface area contributed by atoms with E-state index in [0.29, 0.717) is 24.5 Å². The van der Waals surface area contributed by atoms with Gasteiger partial charge in [0.25, 0.3) is 11.8 Å². The first-order valence-electron chi connectivity index (χ1n) is 8.29. The number of aromatic nitrogens is 2. The lowest BCUT2D eigenvalue weighted by Crippen LogP contribution is -2.43. The fraction of sp³-hybridized carbons (Fsp3) is 0.389. The molecule has 1 aromatic carbocycles. The molecule has 1 heterocycles. The van der Waals surface area contributed by atoms with Crippen molar-refractivity contribution in [2.75, 3.05) is 13.7 Å². The molecule has 2 rings (SSSR count). The molecule has 0 spiro atoms. The molecule has 26 heavy (non-hydrogen) atoms. The lowest BCUT2D eigenvalue weighted by molar-refractivity contribution is -0.122. The number of amides is 2. The Morgan fingerprint density at radius 3 is 2.58 bits per heavy atom. The van der Waals surface area contributed by atoms with Gasteiger partial charge in [-0.05, 0) is 45.0 Å². The maximum atomic E-state index is 12.3. The molecule has 0 unspecified atom stereocenters. The summed E-state index contributed by atoms with van der Waals surface area (Å²) in [6.45, 7) is 6.53. The lowest BCUT2D eigenvalue weighted by Gasteiger charge is -2.12. The van der Waals surface area contributed by atoms with Gasteiger partial charge in [-0.1, -0.05) is 0 Å². The van der Waals surface area contributed by atoms with Crippen LogP contribution in [-0.2, 0) is 22.7 Å². The SMILES string of the molecule is CCOCc1cc(C(=O)NNC(=O)Cn2nc(C)cc2C)ccc1OC. The van der Waals surface area contributed by atoms with Gasteiger partial charge >= 0.3 is 0 Å². The van der Waals surface area contributed by atoms with Gasteiger partial charge in [0, 0.05) is 23.4 Å². The van der Waals surface area contributed by atoms with E-state index in [-0.39, 0.29) is 12.5 Å². The molecule has 0 radical (unpaired) electrons. The van der Waals surface area contributed by atoms with Crippen LogP contribution in [0, 0.1) is 13.8 Å². The number of nitrogens with zero attached hydrogens (tertiary/aromatic N) is 2. The Morgan fingerprint density at radius 1 is 1.19 bits per heavy atom. The van der Waals surface area contributed by atoms with Crippen molar-refractivity contribution in [3.63, 3.8) is 0 Å². The summed E-state index contributed by atoms with van der Waals surface area (Å²) in [6.07, 6.45) is 0. The van der Waals surface area contributed by atoms with Crippen LogP contribution in [0.3, 0.4) is 0 Å². The fourth-order valence-electron chi connectivity index (χ4n) is 2.45. The number of aryl methyl sites for hydroxylation is 2. The number of carbonyl (C=O) groups excluding carboxylic acids is 2. The number of hydrazine groups is 1. The van der Waals surface area contributed by atoms with Gasteiger partial charge in [0.2, 0.25) is 0 Å². The predicted octanol–water partition coefficient (Wildman–Crippen LogP) is 1.51. The summed E-state index contributed by atoms with van der Waals surface area (Å²) < 4.78 is 12.2. The lowest BCUT2D eigenvalue weighted by atomic mass is 10.1. The maximum absolute atomic E-state index is 12.3. The molecular formula is C18H24N4O4. The number of benzene rings is 1. The quantitative estimate of drug-likeness (QED) is 0.730. The van der Waals surface area contributed by atoms with Crippen molar-refractivity contribution in [2.24, 2.45) is 0 Å². The molecule has 0 bridgehead atoms. The van der Waals surface area contributed by atoms with Crippen LogP contribution in [0.4, 0.5) is 0 Å². The maximum Gasteiger partial charge on any atom is 0.269 e. The number of hydrogen-bond acceptors (Lipinski definition) is 5. The standard InChI is InChI=1S/C18H24N4O4/c1-5-26-11-15-9-14(6-7-16(15)25-4)18(24)20-19-17(23)10-22-13(3)8-12(2)21-22/h6-9H,5,10-11H2,1-4H3,(H,19,23)(H,20,24). The van der Waals surface area contributed by atoms with E-state index in [4.69, 9.17) is 9.47 Å². The minimum Gasteiger partial charge on any atom is -0.496 e. The van der Waals surface area contributed by atoms with Crippen LogP contribution in [0.25, 0.3) is 0 Å². The van der Waals surface area contributed by atoms with Crippen molar-refractivity contribution in [2.45, 2.75) is 33.9 Å². The molecule has 0 aliphatic rings. The topological polar surface area (TPSA) is 94.5 Å². The largest absolute Gasteiger partial charge is 0.496 e. The average Bonchev–Trinajstić information content (AvgIpc) is 2.94. The molecule has 8 heteroatoms. The van der Waals surface area contributed by atoms with Crippen LogP contribution in [0.2, 0.25) is 0 Å². The normalized spacial score (nSPS) is 10.5. The van der Waals surface area contributed by atoms with E-state index in [9.17, 15) is 9.59 Å². The van der Waals surface area contributed by atoms with Crippen LogP contribution in [0.15, 0.2) is 24.3 Å². The first-order valence-corrected chi connectivity index (χ1v) is 8.29. The van der Waals surface area contributed by atoms with Crippen molar-refractivity contribution in [1.29, 1.82) is 0 Å². The van der Waals surface area contributed by atoms with E-state index in [2.05, 4.69) is 16.0 Å². The molecule has 0 saturated heterocycles. The highest BCUT2D eigenvalue weighted by molar-refractivity contribution is 5.95. The Labute approximate surface area is 152 Å². The third-order valence-electron chi connectivity index (χ3n) is 3.72. The second-order valence-corrected chi connectivity index (χ2v) is 5.75. The molecule has 8 nitrogen and oxygen atoms in total. The minimum absolute atomic E-state index is 0.0259. The summed E-state index contributed by atoms with van der Waals surface area (Å²) >= 11 is 0. The van der Waals surface area contributed by atoms with Crippen molar-refractivity contribution in [1.82, 2.24) is 20.6 Å². The van der Waals surface area contributed by atoms with Crippen molar-refractivity contribution in [3.05, 3.63) is 46.8 Å². The summed E-state index contributed by atoms with van der Waals surface area (Å²) in [5.41, 5.74) is 7.66. The fourth-order valence-corrected chi connectivity index (χ4v) is 2.45. The zero-order valence-electron chi connectivity index (χ0n) is 15.5. The Hall–Kier alpha value is -2.87. The van der Waals surface area contributed by atoms with Crippen LogP contribution >= 0.6 is 0 Å². The number of carbonyl (C=O) groups is 2. The number of nitrogens with one attached hydrogen (secondary N) is 2. The van der Waals surface area contributed by atoms with Crippen molar-refractivity contribution in [3.8, 4) is 5.75 Å². The summed E-state index contributed by atoms with van der Waals surface area (Å²) in [6, 6.07) is 6.87. The van der Waals surface area contributed by atoms with Gasteiger partial charge in [-0.25, -0.2) is 0 Å². The number of methoxy groups -OCH3 is 1. The molecule has 1 aromatic heterocycles. The third-order valence-corrected chi connectivity index (χ3v) is 3.72. The van der Waals surface area contributed by atoms with E-state index < -0.39 is 5.91 Å². The molecule has 2 amide bonds.